The van der Waals surface area contributed by atoms with Crippen molar-refractivity contribution in [1.82, 2.24) is 10.2 Å². The van der Waals surface area contributed by atoms with Gasteiger partial charge in [0.25, 0.3) is 5.91 Å². The number of urea groups is 1. The third-order valence-corrected chi connectivity index (χ3v) is 3.37. The van der Waals surface area contributed by atoms with Crippen LogP contribution in [0, 0.1) is 0 Å². The summed E-state index contributed by atoms with van der Waals surface area (Å²) in [5.74, 6) is -0.265. The first-order chi connectivity index (χ1) is 8.31. The number of carbonyl (C=O) groups excluding carboxylic acids is 2. The van der Waals surface area contributed by atoms with E-state index in [9.17, 15) is 9.59 Å². The SMILES string of the molecule is CC1(C)NC(=O)N(Cc2ccc(Cl)cc2Cl)C1=O. The highest BCUT2D eigenvalue weighted by Gasteiger charge is 2.44. The molecule has 4 nitrogen and oxygen atoms in total. The first-order valence-electron chi connectivity index (χ1n) is 5.39. The second-order valence-corrected chi connectivity index (χ2v) is 5.53. The molecule has 1 saturated heterocycles. The first-order valence-corrected chi connectivity index (χ1v) is 6.15. The molecule has 1 aromatic carbocycles. The van der Waals surface area contributed by atoms with E-state index >= 15 is 0 Å². The van der Waals surface area contributed by atoms with Crippen molar-refractivity contribution in [2.45, 2.75) is 25.9 Å². The Balaban J connectivity index is 2.24. The monoisotopic (exact) mass is 286 g/mol. The van der Waals surface area contributed by atoms with Gasteiger partial charge in [0.15, 0.2) is 0 Å². The fourth-order valence-electron chi connectivity index (χ4n) is 1.78. The molecule has 0 unspecified atom stereocenters. The Labute approximate surface area is 115 Å². The van der Waals surface area contributed by atoms with Crippen molar-refractivity contribution in [2.75, 3.05) is 0 Å². The van der Waals surface area contributed by atoms with E-state index in [4.69, 9.17) is 23.2 Å². The van der Waals surface area contributed by atoms with Crippen molar-refractivity contribution in [2.24, 2.45) is 0 Å². The second-order valence-electron chi connectivity index (χ2n) is 4.68. The maximum absolute atomic E-state index is 12.0. The fourth-order valence-corrected chi connectivity index (χ4v) is 2.25. The van der Waals surface area contributed by atoms with E-state index in [-0.39, 0.29) is 12.5 Å². The number of benzene rings is 1. The van der Waals surface area contributed by atoms with E-state index in [0.717, 1.165) is 4.90 Å². The van der Waals surface area contributed by atoms with Crippen molar-refractivity contribution in [3.63, 3.8) is 0 Å². The number of hydrogen-bond donors (Lipinski definition) is 1. The number of nitrogens with zero attached hydrogens (tertiary/aromatic N) is 1. The fraction of sp³-hybridized carbons (Fsp3) is 0.333. The van der Waals surface area contributed by atoms with Crippen molar-refractivity contribution in [3.05, 3.63) is 33.8 Å². The molecule has 0 radical (unpaired) electrons. The lowest BCUT2D eigenvalue weighted by Crippen LogP contribution is -2.40. The van der Waals surface area contributed by atoms with E-state index in [2.05, 4.69) is 5.32 Å². The van der Waals surface area contributed by atoms with Gasteiger partial charge in [0.05, 0.1) is 6.54 Å². The predicted octanol–water partition coefficient (Wildman–Crippen LogP) is 2.82. The molecule has 3 amide bonds. The van der Waals surface area contributed by atoms with Crippen LogP contribution in [0.4, 0.5) is 4.79 Å². The predicted molar refractivity (Wildman–Crippen MR) is 69.6 cm³/mol. The Bertz CT molecular complexity index is 529. The minimum Gasteiger partial charge on any atom is -0.324 e. The van der Waals surface area contributed by atoms with Gasteiger partial charge in [-0.3, -0.25) is 9.69 Å². The highest BCUT2D eigenvalue weighted by atomic mass is 35.5. The number of rotatable bonds is 2. The van der Waals surface area contributed by atoms with Gasteiger partial charge in [-0.2, -0.15) is 0 Å². The van der Waals surface area contributed by atoms with Crippen molar-refractivity contribution >= 4 is 35.1 Å². The largest absolute Gasteiger partial charge is 0.325 e. The molecule has 1 aliphatic heterocycles. The summed E-state index contributed by atoms with van der Waals surface area (Å²) in [5.41, 5.74) is -0.182. The number of hydrogen-bond acceptors (Lipinski definition) is 2. The smallest absolute Gasteiger partial charge is 0.324 e. The van der Waals surface area contributed by atoms with Crippen LogP contribution in [-0.2, 0) is 11.3 Å². The Hall–Kier alpha value is -1.26. The highest BCUT2D eigenvalue weighted by Crippen LogP contribution is 2.25. The quantitative estimate of drug-likeness (QED) is 0.850. The lowest BCUT2D eigenvalue weighted by Gasteiger charge is -2.16. The van der Waals surface area contributed by atoms with Gasteiger partial charge in [-0.1, -0.05) is 29.3 Å². The number of nitrogens with one attached hydrogen (secondary N) is 1. The number of imide groups is 1. The van der Waals surface area contributed by atoms with E-state index in [1.165, 1.54) is 0 Å². The first kappa shape index (κ1) is 13.2. The van der Waals surface area contributed by atoms with Gasteiger partial charge < -0.3 is 5.32 Å². The van der Waals surface area contributed by atoms with Crippen LogP contribution in [0.25, 0.3) is 0 Å². The molecule has 18 heavy (non-hydrogen) atoms. The number of carbonyl (C=O) groups is 2. The molecule has 0 spiro atoms. The third kappa shape index (κ3) is 2.31. The van der Waals surface area contributed by atoms with E-state index in [1.54, 1.807) is 32.0 Å². The molecular weight excluding hydrogens is 275 g/mol. The van der Waals surface area contributed by atoms with Crippen LogP contribution >= 0.6 is 23.2 Å². The molecule has 2 rings (SSSR count). The van der Waals surface area contributed by atoms with Gasteiger partial charge in [0.1, 0.15) is 5.54 Å². The van der Waals surface area contributed by atoms with Gasteiger partial charge in [0.2, 0.25) is 0 Å². The van der Waals surface area contributed by atoms with Crippen LogP contribution in [-0.4, -0.2) is 22.4 Å². The Kier molecular flexibility index (Phi) is 3.25. The van der Waals surface area contributed by atoms with Crippen LogP contribution in [0.3, 0.4) is 0 Å². The summed E-state index contributed by atoms with van der Waals surface area (Å²) in [7, 11) is 0. The standard InChI is InChI=1S/C12H12Cl2N2O2/c1-12(2)10(17)16(11(18)15-12)6-7-3-4-8(13)5-9(7)14/h3-5H,6H2,1-2H3,(H,15,18). The molecule has 96 valence electrons. The normalized spacial score (nSPS) is 18.1. The van der Waals surface area contributed by atoms with Crippen LogP contribution in [0.1, 0.15) is 19.4 Å². The maximum atomic E-state index is 12.0. The van der Waals surface area contributed by atoms with Gasteiger partial charge in [0, 0.05) is 10.0 Å². The zero-order valence-corrected chi connectivity index (χ0v) is 11.5. The molecular formula is C12H12Cl2N2O2. The Morgan fingerprint density at radius 2 is 1.94 bits per heavy atom. The molecule has 1 aromatic rings. The van der Waals surface area contributed by atoms with Crippen LogP contribution in [0.5, 0.6) is 0 Å². The Morgan fingerprint density at radius 1 is 1.28 bits per heavy atom. The lowest BCUT2D eigenvalue weighted by molar-refractivity contribution is -0.130. The summed E-state index contributed by atoms with van der Waals surface area (Å²) in [5, 5.41) is 3.57. The summed E-state index contributed by atoms with van der Waals surface area (Å²) >= 11 is 11.8. The third-order valence-electron chi connectivity index (χ3n) is 2.79. The molecule has 0 aromatic heterocycles. The zero-order valence-electron chi connectivity index (χ0n) is 9.96. The molecule has 0 atom stereocenters. The van der Waals surface area contributed by atoms with Gasteiger partial charge in [-0.15, -0.1) is 0 Å². The van der Waals surface area contributed by atoms with Crippen molar-refractivity contribution < 1.29 is 9.59 Å². The summed E-state index contributed by atoms with van der Waals surface area (Å²) in [4.78, 5) is 24.8. The van der Waals surface area contributed by atoms with Crippen molar-refractivity contribution in [1.29, 1.82) is 0 Å². The van der Waals surface area contributed by atoms with Crippen molar-refractivity contribution in [3.8, 4) is 0 Å². The molecule has 1 heterocycles. The average Bonchev–Trinajstić information content (AvgIpc) is 2.44. The minimum atomic E-state index is -0.865. The van der Waals surface area contributed by atoms with Crippen LogP contribution < -0.4 is 5.32 Å². The second kappa shape index (κ2) is 4.44. The summed E-state index contributed by atoms with van der Waals surface area (Å²) in [6.07, 6.45) is 0. The molecule has 0 bridgehead atoms. The van der Waals surface area contributed by atoms with E-state index in [0.29, 0.717) is 15.6 Å². The summed E-state index contributed by atoms with van der Waals surface area (Å²) < 4.78 is 0. The average molecular weight is 287 g/mol. The van der Waals surface area contributed by atoms with Gasteiger partial charge in [-0.05, 0) is 31.5 Å². The zero-order chi connectivity index (χ0) is 13.5. The molecule has 1 fully saturated rings. The molecule has 0 saturated carbocycles. The van der Waals surface area contributed by atoms with Gasteiger partial charge >= 0.3 is 6.03 Å². The highest BCUT2D eigenvalue weighted by molar-refractivity contribution is 6.35. The molecule has 1 N–H and O–H groups in total. The topological polar surface area (TPSA) is 49.4 Å². The Morgan fingerprint density at radius 3 is 2.44 bits per heavy atom. The van der Waals surface area contributed by atoms with E-state index in [1.807, 2.05) is 0 Å². The number of halogens is 2. The molecule has 1 aliphatic rings. The van der Waals surface area contributed by atoms with Crippen LogP contribution in [0.2, 0.25) is 10.0 Å². The van der Waals surface area contributed by atoms with Gasteiger partial charge in [-0.25, -0.2) is 4.79 Å². The molecule has 0 aliphatic carbocycles. The summed E-state index contributed by atoms with van der Waals surface area (Å²) in [6.45, 7) is 3.47. The lowest BCUT2D eigenvalue weighted by atomic mass is 10.1. The molecule has 6 heteroatoms. The summed E-state index contributed by atoms with van der Waals surface area (Å²) in [6, 6.07) is 4.56. The maximum Gasteiger partial charge on any atom is 0.325 e. The number of amides is 3. The van der Waals surface area contributed by atoms with E-state index < -0.39 is 11.6 Å². The minimum absolute atomic E-state index is 0.143. The van der Waals surface area contributed by atoms with Crippen LogP contribution in [0.15, 0.2) is 18.2 Å².